The molecule has 1 aromatic carbocycles. The lowest BCUT2D eigenvalue weighted by Crippen LogP contribution is -2.19. The number of carbonyl (C=O) groups is 2. The van der Waals surface area contributed by atoms with Gasteiger partial charge in [0.15, 0.2) is 0 Å². The van der Waals surface area contributed by atoms with Gasteiger partial charge in [0.1, 0.15) is 0 Å². The van der Waals surface area contributed by atoms with Crippen LogP contribution in [0.15, 0.2) is 18.2 Å². The molecule has 0 aromatic heterocycles. The zero-order valence-corrected chi connectivity index (χ0v) is 7.68. The van der Waals surface area contributed by atoms with E-state index in [-0.39, 0.29) is 11.6 Å². The summed E-state index contributed by atoms with van der Waals surface area (Å²) in [6, 6.07) is 3.18. The van der Waals surface area contributed by atoms with Gasteiger partial charge in [-0.3, -0.25) is 14.9 Å². The summed E-state index contributed by atoms with van der Waals surface area (Å²) in [5, 5.41) is 5.15. The van der Waals surface area contributed by atoms with E-state index >= 15 is 0 Å². The lowest BCUT2D eigenvalue weighted by molar-refractivity contribution is 0.0879. The molecule has 0 fully saturated rings. The minimum atomic E-state index is -0.424. The van der Waals surface area contributed by atoms with Gasteiger partial charge in [0.05, 0.1) is 12.5 Å². The molecule has 2 N–H and O–H groups in total. The van der Waals surface area contributed by atoms with Crippen LogP contribution >= 0.6 is 0 Å². The van der Waals surface area contributed by atoms with Gasteiger partial charge in [0.2, 0.25) is 0 Å². The quantitative estimate of drug-likeness (QED) is 0.686. The number of hydrogen-bond donors (Lipinski definition) is 2. The Bertz CT molecular complexity index is 457. The summed E-state index contributed by atoms with van der Waals surface area (Å²) in [5.41, 5.74) is 1.19. The number of nitrogens with one attached hydrogen (secondary N) is 2. The summed E-state index contributed by atoms with van der Waals surface area (Å²) in [6.07, 6.45) is 0. The van der Waals surface area contributed by atoms with Gasteiger partial charge in [-0.25, -0.2) is 0 Å². The number of anilines is 1. The van der Waals surface area contributed by atoms with Crippen LogP contribution in [0.1, 0.15) is 29.0 Å². The van der Waals surface area contributed by atoms with Gasteiger partial charge in [0.25, 0.3) is 11.8 Å². The molecule has 0 bridgehead atoms. The van der Waals surface area contributed by atoms with E-state index in [1.807, 2.05) is 6.92 Å². The van der Waals surface area contributed by atoms with E-state index in [0.29, 0.717) is 17.8 Å². The van der Waals surface area contributed by atoms with E-state index in [1.165, 1.54) is 6.07 Å². The summed E-state index contributed by atoms with van der Waals surface area (Å²) in [7, 11) is 0. The van der Waals surface area contributed by atoms with Crippen molar-refractivity contribution < 1.29 is 11.0 Å². The molecule has 14 heavy (non-hydrogen) atoms. The van der Waals surface area contributed by atoms with Crippen LogP contribution in [0.3, 0.4) is 0 Å². The first kappa shape index (κ1) is 7.55. The Morgan fingerprint density at radius 1 is 1.43 bits per heavy atom. The first-order valence-electron chi connectivity index (χ1n) is 4.87. The minimum absolute atomic E-state index is 0.223. The largest absolute Gasteiger partial charge is 0.385 e. The summed E-state index contributed by atoms with van der Waals surface area (Å²) in [6.45, 7) is 2.57. The van der Waals surface area contributed by atoms with Gasteiger partial charge in [0, 0.05) is 12.2 Å². The fourth-order valence-corrected chi connectivity index (χ4v) is 1.40. The fraction of sp³-hybridized carbons (Fsp3) is 0.200. The molecule has 0 saturated carbocycles. The predicted molar refractivity (Wildman–Crippen MR) is 52.4 cm³/mol. The molecule has 0 atom stereocenters. The number of benzene rings is 1. The molecule has 0 unspecified atom stereocenters. The number of amides is 2. The number of fused-ring (bicyclic) bond motifs is 1. The zero-order valence-electron chi connectivity index (χ0n) is 8.68. The minimum Gasteiger partial charge on any atom is -0.385 e. The summed E-state index contributed by atoms with van der Waals surface area (Å²) >= 11 is 0. The SMILES string of the molecule is [2H]c1cc2c(cc1NCC)C(=O)NC2=O. The molecular weight excluding hydrogens is 180 g/mol. The standard InChI is InChI=1S/C10H10N2O2/c1-2-11-6-3-4-7-8(5-6)10(14)12-9(7)13/h3-5,11H,2H2,1H3,(H,12,13,14)/i3D. The van der Waals surface area contributed by atoms with Gasteiger partial charge in [-0.15, -0.1) is 0 Å². The third-order valence-electron chi connectivity index (χ3n) is 2.03. The van der Waals surface area contributed by atoms with Gasteiger partial charge < -0.3 is 5.32 Å². The monoisotopic (exact) mass is 191 g/mol. The maximum Gasteiger partial charge on any atom is 0.259 e. The smallest absolute Gasteiger partial charge is 0.259 e. The molecule has 1 aliphatic rings. The van der Waals surface area contributed by atoms with Crippen LogP contribution in [-0.4, -0.2) is 18.4 Å². The molecule has 0 spiro atoms. The Morgan fingerprint density at radius 2 is 2.14 bits per heavy atom. The maximum absolute atomic E-state index is 11.3. The molecule has 1 heterocycles. The van der Waals surface area contributed by atoms with Crippen molar-refractivity contribution in [3.63, 3.8) is 0 Å². The Kier molecular flexibility index (Phi) is 1.69. The second kappa shape index (κ2) is 3.14. The van der Waals surface area contributed by atoms with Gasteiger partial charge in [-0.2, -0.15) is 0 Å². The van der Waals surface area contributed by atoms with Crippen molar-refractivity contribution >= 4 is 17.5 Å². The molecule has 4 nitrogen and oxygen atoms in total. The van der Waals surface area contributed by atoms with Gasteiger partial charge >= 0.3 is 0 Å². The first-order chi connectivity index (χ1) is 7.13. The van der Waals surface area contributed by atoms with Crippen LogP contribution in [0.25, 0.3) is 0 Å². The maximum atomic E-state index is 11.3. The van der Waals surface area contributed by atoms with E-state index in [1.54, 1.807) is 6.07 Å². The normalized spacial score (nSPS) is 14.8. The fourth-order valence-electron chi connectivity index (χ4n) is 1.40. The third-order valence-corrected chi connectivity index (χ3v) is 2.03. The number of imide groups is 1. The molecule has 1 aliphatic heterocycles. The lowest BCUT2D eigenvalue weighted by Gasteiger charge is -2.03. The van der Waals surface area contributed by atoms with Crippen LogP contribution in [0.5, 0.6) is 0 Å². The Labute approximate surface area is 82.7 Å². The average molecular weight is 191 g/mol. The number of hydrogen-bond acceptors (Lipinski definition) is 3. The highest BCUT2D eigenvalue weighted by Crippen LogP contribution is 2.19. The highest BCUT2D eigenvalue weighted by Gasteiger charge is 2.26. The summed E-state index contributed by atoms with van der Waals surface area (Å²) in [5.74, 6) is -0.819. The Morgan fingerprint density at radius 3 is 2.86 bits per heavy atom. The van der Waals surface area contributed by atoms with Crippen LogP contribution in [0, 0.1) is 0 Å². The molecule has 4 heteroatoms. The van der Waals surface area contributed by atoms with Crippen LogP contribution in [0.4, 0.5) is 5.69 Å². The molecule has 0 aliphatic carbocycles. The van der Waals surface area contributed by atoms with Crippen molar-refractivity contribution in [2.75, 3.05) is 11.9 Å². The molecule has 72 valence electrons. The van der Waals surface area contributed by atoms with Crippen molar-refractivity contribution in [2.45, 2.75) is 6.92 Å². The van der Waals surface area contributed by atoms with Crippen molar-refractivity contribution in [3.8, 4) is 0 Å². The van der Waals surface area contributed by atoms with E-state index < -0.39 is 11.8 Å². The predicted octanol–water partition coefficient (Wildman–Crippen LogP) is 1.00. The highest BCUT2D eigenvalue weighted by molar-refractivity contribution is 6.21. The highest BCUT2D eigenvalue weighted by atomic mass is 16.2. The van der Waals surface area contributed by atoms with E-state index in [9.17, 15) is 9.59 Å². The van der Waals surface area contributed by atoms with Crippen LogP contribution < -0.4 is 10.6 Å². The van der Waals surface area contributed by atoms with Crippen molar-refractivity contribution in [2.24, 2.45) is 0 Å². The number of carbonyl (C=O) groups excluding carboxylic acids is 2. The van der Waals surface area contributed by atoms with Crippen molar-refractivity contribution in [1.29, 1.82) is 0 Å². The summed E-state index contributed by atoms with van der Waals surface area (Å²) in [4.78, 5) is 22.6. The lowest BCUT2D eigenvalue weighted by atomic mass is 10.1. The third kappa shape index (κ3) is 1.25. The van der Waals surface area contributed by atoms with E-state index in [0.717, 1.165) is 0 Å². The van der Waals surface area contributed by atoms with Crippen LogP contribution in [0.2, 0.25) is 0 Å². The molecule has 2 amide bonds. The van der Waals surface area contributed by atoms with E-state index in [2.05, 4.69) is 10.6 Å². The molecule has 2 rings (SSSR count). The number of rotatable bonds is 2. The zero-order chi connectivity index (χ0) is 11.0. The Hall–Kier alpha value is -1.84. The first-order valence-corrected chi connectivity index (χ1v) is 4.37. The topological polar surface area (TPSA) is 58.2 Å². The van der Waals surface area contributed by atoms with Gasteiger partial charge in [-0.1, -0.05) is 0 Å². The van der Waals surface area contributed by atoms with Crippen LogP contribution in [-0.2, 0) is 0 Å². The van der Waals surface area contributed by atoms with E-state index in [4.69, 9.17) is 1.37 Å². The molecule has 0 radical (unpaired) electrons. The second-order valence-electron chi connectivity index (χ2n) is 2.99. The second-order valence-corrected chi connectivity index (χ2v) is 2.99. The van der Waals surface area contributed by atoms with Gasteiger partial charge in [-0.05, 0) is 25.1 Å². The average Bonchev–Trinajstić information content (AvgIpc) is 2.44. The molecular formula is C10H10N2O2. The summed E-state index contributed by atoms with van der Waals surface area (Å²) < 4.78 is 7.64. The van der Waals surface area contributed by atoms with Crippen molar-refractivity contribution in [1.82, 2.24) is 5.32 Å². The molecule has 0 saturated heterocycles. The molecule has 1 aromatic rings. The Balaban J connectivity index is 2.54. The van der Waals surface area contributed by atoms with Crippen molar-refractivity contribution in [3.05, 3.63) is 29.3 Å².